The quantitative estimate of drug-likeness (QED) is 0.836. The van der Waals surface area contributed by atoms with Crippen molar-refractivity contribution in [2.24, 2.45) is 13.0 Å². The average Bonchev–Trinajstić information content (AvgIpc) is 3.05. The topological polar surface area (TPSA) is 57.6 Å². The van der Waals surface area contributed by atoms with Gasteiger partial charge in [-0.2, -0.15) is 12.7 Å². The Balaban J connectivity index is 1.42. The van der Waals surface area contributed by atoms with E-state index in [-0.39, 0.29) is 5.92 Å². The lowest BCUT2D eigenvalue weighted by atomic mass is 9.80. The van der Waals surface area contributed by atoms with Crippen LogP contribution in [-0.4, -0.2) is 61.5 Å². The van der Waals surface area contributed by atoms with Gasteiger partial charge in [-0.15, -0.1) is 0 Å². The third-order valence-electron chi connectivity index (χ3n) is 6.83. The number of hydrogen-bond donors (Lipinski definition) is 1. The maximum atomic E-state index is 12.7. The zero-order valence-corrected chi connectivity index (χ0v) is 18.1. The first-order valence-corrected chi connectivity index (χ1v) is 12.1. The van der Waals surface area contributed by atoms with Gasteiger partial charge in [0, 0.05) is 62.3 Å². The average molecular weight is 415 g/mol. The molecule has 6 nitrogen and oxygen atoms in total. The molecule has 1 aromatic carbocycles. The second-order valence-electron chi connectivity index (χ2n) is 8.82. The normalized spacial score (nSPS) is 25.8. The summed E-state index contributed by atoms with van der Waals surface area (Å²) in [6, 6.07) is 6.90. The van der Waals surface area contributed by atoms with Crippen LogP contribution in [0.5, 0.6) is 0 Å². The van der Waals surface area contributed by atoms with Gasteiger partial charge in [-0.3, -0.25) is 4.90 Å². The van der Waals surface area contributed by atoms with Crippen molar-refractivity contribution in [1.29, 1.82) is 0 Å². The van der Waals surface area contributed by atoms with Gasteiger partial charge in [0.15, 0.2) is 0 Å². The molecule has 1 aliphatic carbocycles. The van der Waals surface area contributed by atoms with Crippen molar-refractivity contribution in [3.63, 3.8) is 0 Å². The minimum Gasteiger partial charge on any atom is -0.350 e. The zero-order valence-electron chi connectivity index (χ0n) is 17.3. The molecule has 2 aromatic rings. The van der Waals surface area contributed by atoms with E-state index in [0.717, 1.165) is 32.2 Å². The fourth-order valence-corrected chi connectivity index (χ4v) is 6.71. The molecule has 1 fully saturated rings. The molecule has 1 saturated heterocycles. The fourth-order valence-electron chi connectivity index (χ4n) is 5.36. The second kappa shape index (κ2) is 7.23. The summed E-state index contributed by atoms with van der Waals surface area (Å²) in [6.07, 6.45) is 8.65. The fraction of sp³-hybridized carbons (Fsp3) is 0.545. The molecular weight excluding hydrogens is 384 g/mol. The minimum atomic E-state index is -3.38. The van der Waals surface area contributed by atoms with Crippen molar-refractivity contribution in [1.82, 2.24) is 18.5 Å². The molecule has 0 amide bonds. The molecule has 7 heteroatoms. The maximum Gasteiger partial charge on any atom is 0.279 e. The first-order valence-electron chi connectivity index (χ1n) is 10.7. The summed E-state index contributed by atoms with van der Waals surface area (Å²) in [6.45, 7) is 2.61. The molecule has 0 saturated carbocycles. The highest BCUT2D eigenvalue weighted by atomic mass is 32.2. The molecule has 3 aliphatic rings. The molecule has 0 bridgehead atoms. The van der Waals surface area contributed by atoms with Crippen LogP contribution in [0, 0.1) is 5.92 Å². The summed E-state index contributed by atoms with van der Waals surface area (Å²) in [4.78, 5) is 2.39. The van der Waals surface area contributed by atoms with Gasteiger partial charge in [0.05, 0.1) is 0 Å². The lowest BCUT2D eigenvalue weighted by Gasteiger charge is -2.40. The van der Waals surface area contributed by atoms with Crippen LogP contribution in [0.4, 0.5) is 0 Å². The van der Waals surface area contributed by atoms with Crippen molar-refractivity contribution in [3.05, 3.63) is 41.6 Å². The Morgan fingerprint density at radius 1 is 1.14 bits per heavy atom. The highest BCUT2D eigenvalue weighted by Crippen LogP contribution is 2.41. The highest BCUT2D eigenvalue weighted by Gasteiger charge is 2.34. The van der Waals surface area contributed by atoms with Crippen LogP contribution in [0.15, 0.2) is 30.5 Å². The number of piperidine rings is 1. The lowest BCUT2D eigenvalue weighted by molar-refractivity contribution is 0.244. The van der Waals surface area contributed by atoms with E-state index < -0.39 is 10.2 Å². The number of fused-ring (bicyclic) bond motifs is 2. The van der Waals surface area contributed by atoms with Gasteiger partial charge in [0.2, 0.25) is 0 Å². The molecule has 2 aliphatic heterocycles. The number of nitrogens with one attached hydrogen (secondary N) is 1. The van der Waals surface area contributed by atoms with Gasteiger partial charge in [0.25, 0.3) is 10.2 Å². The summed E-state index contributed by atoms with van der Waals surface area (Å²) in [5, 5.41) is 1.36. The Morgan fingerprint density at radius 3 is 2.72 bits per heavy atom. The van der Waals surface area contributed by atoms with Crippen molar-refractivity contribution in [2.75, 3.05) is 33.2 Å². The first kappa shape index (κ1) is 19.3. The van der Waals surface area contributed by atoms with Gasteiger partial charge in [-0.25, -0.2) is 4.72 Å². The van der Waals surface area contributed by atoms with Crippen molar-refractivity contribution in [3.8, 4) is 0 Å². The number of rotatable bonds is 4. The second-order valence-corrected chi connectivity index (χ2v) is 10.6. The van der Waals surface area contributed by atoms with Crippen molar-refractivity contribution < 1.29 is 8.42 Å². The van der Waals surface area contributed by atoms with Gasteiger partial charge >= 0.3 is 0 Å². The molecule has 156 valence electrons. The number of hydrogen-bond acceptors (Lipinski definition) is 3. The molecule has 0 unspecified atom stereocenters. The molecule has 1 aromatic heterocycles. The third-order valence-corrected chi connectivity index (χ3v) is 8.41. The predicted octanol–water partition coefficient (Wildman–Crippen LogP) is 2.37. The van der Waals surface area contributed by atoms with E-state index >= 15 is 0 Å². The largest absolute Gasteiger partial charge is 0.350 e. The summed E-state index contributed by atoms with van der Waals surface area (Å²) in [7, 11) is 0.894. The number of aryl methyl sites for hydroxylation is 1. The first-order chi connectivity index (χ1) is 13.9. The summed E-state index contributed by atoms with van der Waals surface area (Å²) >= 11 is 0. The smallest absolute Gasteiger partial charge is 0.279 e. The molecule has 0 spiro atoms. The van der Waals surface area contributed by atoms with E-state index in [4.69, 9.17) is 0 Å². The van der Waals surface area contributed by atoms with E-state index in [2.05, 4.69) is 58.8 Å². The number of aromatic nitrogens is 1. The lowest BCUT2D eigenvalue weighted by Crippen LogP contribution is -2.48. The number of likely N-dealkylation sites (N-methyl/N-ethyl adjacent to an activating group) is 1. The monoisotopic (exact) mass is 414 g/mol. The zero-order chi connectivity index (χ0) is 20.2. The van der Waals surface area contributed by atoms with E-state index in [1.54, 1.807) is 4.31 Å². The van der Waals surface area contributed by atoms with Gasteiger partial charge in [-0.1, -0.05) is 24.6 Å². The number of nitrogens with zero attached hydrogens (tertiary/aromatic N) is 3. The maximum absolute atomic E-state index is 12.7. The third kappa shape index (κ3) is 3.34. The highest BCUT2D eigenvalue weighted by molar-refractivity contribution is 7.87. The molecule has 1 N–H and O–H groups in total. The molecule has 5 rings (SSSR count). The Hall–Kier alpha value is -1.67. The Labute approximate surface area is 173 Å². The van der Waals surface area contributed by atoms with E-state index in [1.807, 2.05) is 0 Å². The van der Waals surface area contributed by atoms with E-state index in [0.29, 0.717) is 25.7 Å². The van der Waals surface area contributed by atoms with Crippen LogP contribution < -0.4 is 4.72 Å². The van der Waals surface area contributed by atoms with Crippen LogP contribution in [-0.2, 0) is 23.7 Å². The van der Waals surface area contributed by atoms with Crippen LogP contribution in [0.25, 0.3) is 16.5 Å². The number of benzene rings is 1. The SMILES string of the molecule is CN1C[C@H](CNS(=O)(=O)N2CCCCC2)C=C2c3cccc4c3c(cn4C)C[C@H]21. The summed E-state index contributed by atoms with van der Waals surface area (Å²) < 4.78 is 32.1. The summed E-state index contributed by atoms with van der Waals surface area (Å²) in [5.41, 5.74) is 5.35. The minimum absolute atomic E-state index is 0.173. The standard InChI is InChI=1S/C22H30N4O2S/c1-24-14-16(13-23-29(27,28)26-9-4-3-5-10-26)11-19-18-7-6-8-20-22(18)17(12-21(19)24)15-25(20)2/h6-8,11,15-16,21,23H,3-5,9-10,12-14H2,1-2H3/t16-,21+/m0/s1. The van der Waals surface area contributed by atoms with Gasteiger partial charge < -0.3 is 4.57 Å². The molecule has 3 heterocycles. The Bertz CT molecular complexity index is 1070. The van der Waals surface area contributed by atoms with E-state index in [9.17, 15) is 8.42 Å². The predicted molar refractivity (Wildman–Crippen MR) is 117 cm³/mol. The van der Waals surface area contributed by atoms with Crippen molar-refractivity contribution in [2.45, 2.75) is 31.7 Å². The Morgan fingerprint density at radius 2 is 1.93 bits per heavy atom. The van der Waals surface area contributed by atoms with E-state index in [1.165, 1.54) is 27.6 Å². The van der Waals surface area contributed by atoms with Crippen LogP contribution in [0.1, 0.15) is 30.4 Å². The molecule has 29 heavy (non-hydrogen) atoms. The van der Waals surface area contributed by atoms with Crippen molar-refractivity contribution >= 4 is 26.7 Å². The molecule has 2 atom stereocenters. The van der Waals surface area contributed by atoms with Gasteiger partial charge in [-0.05, 0) is 49.1 Å². The van der Waals surface area contributed by atoms with Crippen LogP contribution >= 0.6 is 0 Å². The Kier molecular flexibility index (Phi) is 4.81. The molecule has 0 radical (unpaired) electrons. The van der Waals surface area contributed by atoms with Crippen LogP contribution in [0.3, 0.4) is 0 Å². The molecular formula is C22H30N4O2S. The van der Waals surface area contributed by atoms with Crippen LogP contribution in [0.2, 0.25) is 0 Å². The summed E-state index contributed by atoms with van der Waals surface area (Å²) in [5.74, 6) is 0.173. The van der Waals surface area contributed by atoms with Gasteiger partial charge in [0.1, 0.15) is 0 Å².